The summed E-state index contributed by atoms with van der Waals surface area (Å²) in [5.41, 5.74) is 5.37. The molecule has 0 aromatic carbocycles. The van der Waals surface area contributed by atoms with Gasteiger partial charge >= 0.3 is 0 Å². The number of furan rings is 1. The summed E-state index contributed by atoms with van der Waals surface area (Å²) in [6.45, 7) is 3.42. The first-order chi connectivity index (χ1) is 9.00. The second-order valence-corrected chi connectivity index (χ2v) is 4.69. The number of H-pyrrole nitrogens is 1. The zero-order valence-electron chi connectivity index (χ0n) is 10.3. The third-order valence-electron chi connectivity index (χ3n) is 2.55. The molecule has 0 unspecified atom stereocenters. The van der Waals surface area contributed by atoms with E-state index in [0.29, 0.717) is 27.3 Å². The highest BCUT2D eigenvalue weighted by atomic mass is 79.9. The fraction of sp³-hybridized carbons (Fsp3) is 0.167. The van der Waals surface area contributed by atoms with Crippen molar-refractivity contribution in [2.75, 3.05) is 0 Å². The fourth-order valence-electron chi connectivity index (χ4n) is 1.63. The lowest BCUT2D eigenvalue weighted by molar-refractivity contribution is 0.0843. The van der Waals surface area contributed by atoms with Gasteiger partial charge in [-0.1, -0.05) is 0 Å². The van der Waals surface area contributed by atoms with Crippen LogP contribution in [0, 0.1) is 13.8 Å². The largest absolute Gasteiger partial charge is 0.465 e. The van der Waals surface area contributed by atoms with Crippen LogP contribution in [0.3, 0.4) is 0 Å². The molecular formula is C12H12BrN3O3. The number of halogens is 1. The summed E-state index contributed by atoms with van der Waals surface area (Å²) < 4.78 is 5.90. The second kappa shape index (κ2) is 5.31. The normalized spacial score (nSPS) is 10.3. The van der Waals surface area contributed by atoms with Crippen LogP contribution < -0.4 is 10.9 Å². The summed E-state index contributed by atoms with van der Waals surface area (Å²) >= 11 is 3.27. The maximum Gasteiger partial charge on any atom is 0.286 e. The Kier molecular flexibility index (Phi) is 3.75. The lowest BCUT2D eigenvalue weighted by atomic mass is 10.2. The SMILES string of the molecule is Cc1oc(C)c(C(=O)NNC(=O)c2ccc[nH]2)c1Br. The van der Waals surface area contributed by atoms with Crippen molar-refractivity contribution in [3.8, 4) is 0 Å². The summed E-state index contributed by atoms with van der Waals surface area (Å²) in [5.74, 6) is 0.225. The minimum Gasteiger partial charge on any atom is -0.465 e. The van der Waals surface area contributed by atoms with E-state index in [9.17, 15) is 9.59 Å². The maximum atomic E-state index is 11.9. The average Bonchev–Trinajstić information content (AvgIpc) is 2.96. The van der Waals surface area contributed by atoms with Gasteiger partial charge < -0.3 is 9.40 Å². The van der Waals surface area contributed by atoms with Gasteiger partial charge in [-0.15, -0.1) is 0 Å². The molecule has 0 spiro atoms. The van der Waals surface area contributed by atoms with E-state index >= 15 is 0 Å². The number of carbonyl (C=O) groups excluding carboxylic acids is 2. The molecule has 0 saturated carbocycles. The molecule has 0 radical (unpaired) electrons. The highest BCUT2D eigenvalue weighted by molar-refractivity contribution is 9.10. The van der Waals surface area contributed by atoms with E-state index in [-0.39, 0.29) is 0 Å². The van der Waals surface area contributed by atoms with Crippen molar-refractivity contribution in [3.05, 3.63) is 45.6 Å². The van der Waals surface area contributed by atoms with Gasteiger partial charge in [0.1, 0.15) is 17.2 Å². The van der Waals surface area contributed by atoms with Crippen molar-refractivity contribution in [2.45, 2.75) is 13.8 Å². The zero-order valence-corrected chi connectivity index (χ0v) is 11.9. The molecule has 2 heterocycles. The summed E-state index contributed by atoms with van der Waals surface area (Å²) in [4.78, 5) is 26.3. The molecule has 2 aromatic rings. The Morgan fingerprint density at radius 2 is 1.89 bits per heavy atom. The number of aromatic nitrogens is 1. The number of hydrogen-bond donors (Lipinski definition) is 3. The molecule has 7 heteroatoms. The molecule has 2 aromatic heterocycles. The second-order valence-electron chi connectivity index (χ2n) is 3.90. The van der Waals surface area contributed by atoms with Gasteiger partial charge in [-0.05, 0) is 41.9 Å². The van der Waals surface area contributed by atoms with E-state index < -0.39 is 11.8 Å². The van der Waals surface area contributed by atoms with Gasteiger partial charge in [-0.2, -0.15) is 0 Å². The molecule has 6 nitrogen and oxygen atoms in total. The standard InChI is InChI=1S/C12H12BrN3O3/c1-6-9(10(13)7(2)19-6)12(18)16-15-11(17)8-4-3-5-14-8/h3-5,14H,1-2H3,(H,15,17)(H,16,18). The van der Waals surface area contributed by atoms with E-state index in [1.165, 1.54) is 0 Å². The Morgan fingerprint density at radius 1 is 1.21 bits per heavy atom. The highest BCUT2D eigenvalue weighted by Crippen LogP contribution is 2.26. The summed E-state index contributed by atoms with van der Waals surface area (Å²) in [5, 5.41) is 0. The van der Waals surface area contributed by atoms with Crippen molar-refractivity contribution >= 4 is 27.7 Å². The van der Waals surface area contributed by atoms with Crippen molar-refractivity contribution in [1.82, 2.24) is 15.8 Å². The first kappa shape index (κ1) is 13.4. The molecule has 0 aliphatic carbocycles. The minimum atomic E-state index is -0.443. The van der Waals surface area contributed by atoms with Gasteiger partial charge in [-0.25, -0.2) is 0 Å². The predicted molar refractivity (Wildman–Crippen MR) is 71.6 cm³/mol. The molecule has 100 valence electrons. The van der Waals surface area contributed by atoms with Crippen molar-refractivity contribution < 1.29 is 14.0 Å². The molecular weight excluding hydrogens is 314 g/mol. The maximum absolute atomic E-state index is 11.9. The zero-order chi connectivity index (χ0) is 14.0. The number of hydrogen-bond acceptors (Lipinski definition) is 3. The number of nitrogens with one attached hydrogen (secondary N) is 3. The van der Waals surface area contributed by atoms with Crippen LogP contribution in [0.4, 0.5) is 0 Å². The number of aromatic amines is 1. The van der Waals surface area contributed by atoms with Crippen LogP contribution in [0.15, 0.2) is 27.2 Å². The Morgan fingerprint density at radius 3 is 2.42 bits per heavy atom. The van der Waals surface area contributed by atoms with Gasteiger partial charge in [0.2, 0.25) is 0 Å². The lowest BCUT2D eigenvalue weighted by Gasteiger charge is -2.06. The Labute approximate surface area is 117 Å². The number of hydrazine groups is 1. The molecule has 0 bridgehead atoms. The number of carbonyl (C=O) groups is 2. The smallest absolute Gasteiger partial charge is 0.286 e. The Bertz CT molecular complexity index is 616. The topological polar surface area (TPSA) is 87.1 Å². The summed E-state index contributed by atoms with van der Waals surface area (Å²) in [7, 11) is 0. The molecule has 0 aliphatic heterocycles. The summed E-state index contributed by atoms with van der Waals surface area (Å²) in [6.07, 6.45) is 1.62. The van der Waals surface area contributed by atoms with Crippen LogP contribution >= 0.6 is 15.9 Å². The minimum absolute atomic E-state index is 0.361. The first-order valence-corrected chi connectivity index (χ1v) is 6.29. The van der Waals surface area contributed by atoms with Crippen LogP contribution in [0.2, 0.25) is 0 Å². The van der Waals surface area contributed by atoms with Crippen LogP contribution in [0.25, 0.3) is 0 Å². The number of amides is 2. The molecule has 19 heavy (non-hydrogen) atoms. The monoisotopic (exact) mass is 325 g/mol. The first-order valence-electron chi connectivity index (χ1n) is 5.50. The molecule has 3 N–H and O–H groups in total. The van der Waals surface area contributed by atoms with E-state index in [1.54, 1.807) is 32.2 Å². The number of aryl methyl sites for hydroxylation is 2. The molecule has 0 saturated heterocycles. The van der Waals surface area contributed by atoms with E-state index in [0.717, 1.165) is 0 Å². The van der Waals surface area contributed by atoms with Crippen LogP contribution in [-0.2, 0) is 0 Å². The van der Waals surface area contributed by atoms with Gasteiger partial charge in [-0.3, -0.25) is 20.4 Å². The van der Waals surface area contributed by atoms with Crippen LogP contribution in [0.5, 0.6) is 0 Å². The Hall–Kier alpha value is -2.02. The molecule has 0 fully saturated rings. The van der Waals surface area contributed by atoms with Crippen molar-refractivity contribution in [2.24, 2.45) is 0 Å². The Balaban J connectivity index is 2.04. The lowest BCUT2D eigenvalue weighted by Crippen LogP contribution is -2.42. The van der Waals surface area contributed by atoms with E-state index in [2.05, 4.69) is 31.8 Å². The van der Waals surface area contributed by atoms with E-state index in [1.807, 2.05) is 0 Å². The van der Waals surface area contributed by atoms with Gasteiger partial charge in [0.15, 0.2) is 0 Å². The van der Waals surface area contributed by atoms with Gasteiger partial charge in [0.25, 0.3) is 11.8 Å². The fourth-order valence-corrected chi connectivity index (χ4v) is 2.17. The summed E-state index contributed by atoms with van der Waals surface area (Å²) in [6, 6.07) is 3.29. The van der Waals surface area contributed by atoms with E-state index in [4.69, 9.17) is 4.42 Å². The van der Waals surface area contributed by atoms with Gasteiger partial charge in [0.05, 0.1) is 10.0 Å². The van der Waals surface area contributed by atoms with Crippen molar-refractivity contribution in [3.63, 3.8) is 0 Å². The average molecular weight is 326 g/mol. The van der Waals surface area contributed by atoms with Crippen LogP contribution in [-0.4, -0.2) is 16.8 Å². The van der Waals surface area contributed by atoms with Crippen LogP contribution in [0.1, 0.15) is 32.4 Å². The molecule has 0 aliphatic rings. The van der Waals surface area contributed by atoms with Crippen molar-refractivity contribution in [1.29, 1.82) is 0 Å². The molecule has 0 atom stereocenters. The predicted octanol–water partition coefficient (Wildman–Crippen LogP) is 2.06. The molecule has 2 rings (SSSR count). The highest BCUT2D eigenvalue weighted by Gasteiger charge is 2.20. The third-order valence-corrected chi connectivity index (χ3v) is 3.50. The number of rotatable bonds is 2. The molecule has 2 amide bonds. The third kappa shape index (κ3) is 2.70. The quantitative estimate of drug-likeness (QED) is 0.738. The van der Waals surface area contributed by atoms with Gasteiger partial charge in [0, 0.05) is 6.20 Å².